The van der Waals surface area contributed by atoms with E-state index in [0.717, 1.165) is 18.9 Å². The molecule has 0 saturated carbocycles. The van der Waals surface area contributed by atoms with Crippen molar-refractivity contribution in [1.82, 2.24) is 0 Å². The van der Waals surface area contributed by atoms with E-state index in [0.29, 0.717) is 17.8 Å². The predicted octanol–water partition coefficient (Wildman–Crippen LogP) is 4.94. The molecule has 0 aromatic heterocycles. The Morgan fingerprint density at radius 3 is 1.63 bits per heavy atom. The van der Waals surface area contributed by atoms with Gasteiger partial charge in [-0.15, -0.1) is 0 Å². The van der Waals surface area contributed by atoms with Crippen molar-refractivity contribution in [2.45, 2.75) is 33.6 Å². The second kappa shape index (κ2) is 30.8. The van der Waals surface area contributed by atoms with Gasteiger partial charge in [-0.25, -0.2) is 19.2 Å². The summed E-state index contributed by atoms with van der Waals surface area (Å²) in [5.74, 6) is -2.11. The molecule has 9 nitrogen and oxygen atoms in total. The van der Waals surface area contributed by atoms with E-state index in [2.05, 4.69) is 47.1 Å². The van der Waals surface area contributed by atoms with Crippen molar-refractivity contribution in [3.8, 4) is 0 Å². The maximum absolute atomic E-state index is 10.5. The fraction of sp³-hybridized carbons (Fsp3) is 0.310. The number of carboxylic acid groups (broad SMARTS) is 1. The quantitative estimate of drug-likeness (QED) is 0.185. The van der Waals surface area contributed by atoms with Crippen molar-refractivity contribution in [1.29, 1.82) is 0 Å². The Morgan fingerprint density at radius 1 is 0.868 bits per heavy atom. The Hall–Kier alpha value is -4.24. The van der Waals surface area contributed by atoms with Gasteiger partial charge in [-0.2, -0.15) is 0 Å². The molecule has 38 heavy (non-hydrogen) atoms. The fourth-order valence-corrected chi connectivity index (χ4v) is 1.40. The zero-order valence-electron chi connectivity index (χ0n) is 22.9. The van der Waals surface area contributed by atoms with Crippen LogP contribution in [-0.2, 0) is 33.4 Å². The SMILES string of the molecule is C=C(C)C(=O)OC.C=C(C)C(=O)OCCO.C=CC(=O)O.C=CC(=O)OCCCC.C=Cc1ccccc1. The first-order valence-corrected chi connectivity index (χ1v) is 11.4. The third-order valence-corrected chi connectivity index (χ3v) is 3.33. The number of rotatable bonds is 10. The molecule has 1 aromatic rings. The van der Waals surface area contributed by atoms with Gasteiger partial charge in [0.15, 0.2) is 0 Å². The molecule has 0 heterocycles. The Morgan fingerprint density at radius 2 is 1.37 bits per heavy atom. The van der Waals surface area contributed by atoms with Crippen LogP contribution in [0.25, 0.3) is 6.08 Å². The number of hydrogen-bond acceptors (Lipinski definition) is 8. The topological polar surface area (TPSA) is 136 Å². The van der Waals surface area contributed by atoms with Gasteiger partial charge < -0.3 is 24.4 Å². The highest BCUT2D eigenvalue weighted by molar-refractivity contribution is 5.87. The van der Waals surface area contributed by atoms with Crippen LogP contribution in [-0.4, -0.2) is 61.0 Å². The van der Waals surface area contributed by atoms with Crippen LogP contribution in [0.1, 0.15) is 39.2 Å². The van der Waals surface area contributed by atoms with E-state index >= 15 is 0 Å². The molecule has 0 aliphatic carbocycles. The lowest BCUT2D eigenvalue weighted by Gasteiger charge is -1.99. The number of carbonyl (C=O) groups excluding carboxylic acids is 3. The van der Waals surface area contributed by atoms with Crippen molar-refractivity contribution < 1.29 is 43.6 Å². The fourth-order valence-electron chi connectivity index (χ4n) is 1.40. The second-order valence-corrected chi connectivity index (χ2v) is 6.79. The van der Waals surface area contributed by atoms with Gasteiger partial charge in [0.2, 0.25) is 0 Å². The van der Waals surface area contributed by atoms with E-state index in [4.69, 9.17) is 10.2 Å². The molecular formula is C29H42O9. The number of methoxy groups -OCH3 is 1. The van der Waals surface area contributed by atoms with Crippen LogP contribution >= 0.6 is 0 Å². The van der Waals surface area contributed by atoms with Crippen LogP contribution in [0.15, 0.2) is 86.5 Å². The van der Waals surface area contributed by atoms with E-state index < -0.39 is 11.9 Å². The first kappa shape index (κ1) is 40.9. The Bertz CT molecular complexity index is 854. The van der Waals surface area contributed by atoms with E-state index in [1.165, 1.54) is 18.7 Å². The molecule has 1 rings (SSSR count). The molecule has 0 unspecified atom stereocenters. The monoisotopic (exact) mass is 534 g/mol. The van der Waals surface area contributed by atoms with Gasteiger partial charge in [-0.3, -0.25) is 0 Å². The molecule has 9 heteroatoms. The Kier molecular flexibility index (Phi) is 33.1. The molecule has 0 atom stereocenters. The number of aliphatic hydroxyl groups excluding tert-OH is 1. The third kappa shape index (κ3) is 36.3. The number of unbranched alkanes of at least 4 members (excludes halogenated alkanes) is 1. The summed E-state index contributed by atoms with van der Waals surface area (Å²) in [6, 6.07) is 10.0. The van der Waals surface area contributed by atoms with E-state index in [1.54, 1.807) is 13.8 Å². The number of ether oxygens (including phenoxy) is 3. The smallest absolute Gasteiger partial charge is 0.333 e. The highest BCUT2D eigenvalue weighted by Gasteiger charge is 2.00. The van der Waals surface area contributed by atoms with Crippen molar-refractivity contribution in [2.75, 3.05) is 26.9 Å². The molecule has 1 aromatic carbocycles. The number of esters is 3. The molecular weight excluding hydrogens is 492 g/mol. The zero-order chi connectivity index (χ0) is 30.4. The van der Waals surface area contributed by atoms with Crippen LogP contribution in [0.2, 0.25) is 0 Å². The lowest BCUT2D eigenvalue weighted by Crippen LogP contribution is -2.08. The summed E-state index contributed by atoms with van der Waals surface area (Å²) in [6.45, 7) is 22.2. The number of hydrogen-bond donors (Lipinski definition) is 2. The molecule has 2 N–H and O–H groups in total. The average Bonchev–Trinajstić information content (AvgIpc) is 2.92. The van der Waals surface area contributed by atoms with Gasteiger partial charge in [0.05, 0.1) is 20.3 Å². The lowest BCUT2D eigenvalue weighted by atomic mass is 10.2. The van der Waals surface area contributed by atoms with Crippen LogP contribution in [0.5, 0.6) is 0 Å². The highest BCUT2D eigenvalue weighted by Crippen LogP contribution is 1.97. The van der Waals surface area contributed by atoms with Crippen LogP contribution in [0, 0.1) is 0 Å². The number of benzene rings is 1. The molecule has 0 radical (unpaired) electrons. The van der Waals surface area contributed by atoms with Crippen molar-refractivity contribution in [2.24, 2.45) is 0 Å². The van der Waals surface area contributed by atoms with Gasteiger partial charge in [-0.1, -0.05) is 82.6 Å². The number of aliphatic hydroxyl groups is 1. The molecule has 0 spiro atoms. The Balaban J connectivity index is -0.000000193. The molecule has 0 aliphatic rings. The predicted molar refractivity (Wildman–Crippen MR) is 150 cm³/mol. The van der Waals surface area contributed by atoms with Crippen LogP contribution in [0.4, 0.5) is 0 Å². The second-order valence-electron chi connectivity index (χ2n) is 6.79. The normalized spacial score (nSPS) is 8.13. The standard InChI is InChI=1S/C8H8.C7H12O2.C6H10O3.C5H8O2.C3H4O2/c1-2-8-6-4-3-5-7-8;1-3-5-6-9-7(8)4-2;1-5(2)6(8)9-4-3-7;1-4(2)5(6)7-3;1-2-3(4)5/h2-7H,1H2;4H,2-3,5-6H2,1H3;7H,1,3-4H2,2H3;1H2,2-3H3;2H,1H2,(H,4,5). The van der Waals surface area contributed by atoms with Crippen LogP contribution in [0.3, 0.4) is 0 Å². The van der Waals surface area contributed by atoms with Gasteiger partial charge in [0.1, 0.15) is 6.61 Å². The van der Waals surface area contributed by atoms with Crippen LogP contribution < -0.4 is 0 Å². The lowest BCUT2D eigenvalue weighted by molar-refractivity contribution is -0.140. The number of aliphatic carboxylic acids is 1. The summed E-state index contributed by atoms with van der Waals surface area (Å²) >= 11 is 0. The summed E-state index contributed by atoms with van der Waals surface area (Å²) in [6.07, 6.45) is 5.82. The van der Waals surface area contributed by atoms with Gasteiger partial charge >= 0.3 is 23.9 Å². The number of carbonyl (C=O) groups is 4. The minimum absolute atomic E-state index is 0.0473. The summed E-state index contributed by atoms with van der Waals surface area (Å²) in [7, 11) is 1.33. The van der Waals surface area contributed by atoms with Gasteiger partial charge in [0, 0.05) is 23.3 Å². The summed E-state index contributed by atoms with van der Waals surface area (Å²) in [5.41, 5.74) is 1.96. The van der Waals surface area contributed by atoms with Crippen molar-refractivity contribution in [3.05, 3.63) is 92.1 Å². The third-order valence-electron chi connectivity index (χ3n) is 3.33. The van der Waals surface area contributed by atoms with Gasteiger partial charge in [-0.05, 0) is 25.8 Å². The molecule has 0 bridgehead atoms. The molecule has 0 aliphatic heterocycles. The minimum atomic E-state index is -0.981. The highest BCUT2D eigenvalue weighted by atomic mass is 16.5. The maximum atomic E-state index is 10.5. The average molecular weight is 535 g/mol. The summed E-state index contributed by atoms with van der Waals surface area (Å²) < 4.78 is 13.4. The summed E-state index contributed by atoms with van der Waals surface area (Å²) in [5, 5.41) is 15.8. The first-order valence-electron chi connectivity index (χ1n) is 11.4. The summed E-state index contributed by atoms with van der Waals surface area (Å²) in [4.78, 5) is 40.3. The van der Waals surface area contributed by atoms with E-state index in [-0.39, 0.29) is 25.2 Å². The largest absolute Gasteiger partial charge is 0.478 e. The first-order chi connectivity index (χ1) is 17.9. The molecule has 0 saturated heterocycles. The molecule has 0 amide bonds. The molecule has 212 valence electrons. The molecule has 0 fully saturated rings. The maximum Gasteiger partial charge on any atom is 0.333 e. The number of carboxylic acids is 1. The van der Waals surface area contributed by atoms with E-state index in [1.807, 2.05) is 43.3 Å². The zero-order valence-corrected chi connectivity index (χ0v) is 22.9. The minimum Gasteiger partial charge on any atom is -0.478 e. The van der Waals surface area contributed by atoms with Crippen molar-refractivity contribution >= 4 is 30.0 Å². The van der Waals surface area contributed by atoms with Crippen molar-refractivity contribution in [3.63, 3.8) is 0 Å². The van der Waals surface area contributed by atoms with E-state index in [9.17, 15) is 19.2 Å². The Labute approximate surface area is 226 Å². The van der Waals surface area contributed by atoms with Gasteiger partial charge in [0.25, 0.3) is 0 Å².